The van der Waals surface area contributed by atoms with E-state index in [9.17, 15) is 28.8 Å². The van der Waals surface area contributed by atoms with Gasteiger partial charge in [0.2, 0.25) is 12.1 Å². The summed E-state index contributed by atoms with van der Waals surface area (Å²) in [5, 5.41) is 26.6. The van der Waals surface area contributed by atoms with E-state index in [0.717, 1.165) is 11.1 Å². The van der Waals surface area contributed by atoms with E-state index in [2.05, 4.69) is 41.7 Å². The summed E-state index contributed by atoms with van der Waals surface area (Å²) in [4.78, 5) is 78.5. The number of alkyl halides is 2. The Morgan fingerprint density at radius 3 is 1.20 bits per heavy atom. The smallest absolute Gasteiger partial charge is 0.258 e. The van der Waals surface area contributed by atoms with E-state index in [0.29, 0.717) is 33.9 Å². The molecule has 0 aliphatic carbocycles. The van der Waals surface area contributed by atoms with Gasteiger partial charge in [0.05, 0.1) is 20.8 Å². The highest BCUT2D eigenvalue weighted by atomic mass is 35.5. The predicted molar refractivity (Wildman–Crippen MR) is 251 cm³/mol. The van der Waals surface area contributed by atoms with Gasteiger partial charge in [0.1, 0.15) is 11.4 Å². The van der Waals surface area contributed by atoms with Crippen LogP contribution in [0.3, 0.4) is 0 Å². The maximum Gasteiger partial charge on any atom is 0.258 e. The molecule has 64 heavy (non-hydrogen) atoms. The first-order valence-electron chi connectivity index (χ1n) is 19.6. The summed E-state index contributed by atoms with van der Waals surface area (Å²) >= 11 is 25.3. The molecule has 4 amide bonds. The van der Waals surface area contributed by atoms with Crippen molar-refractivity contribution in [1.82, 2.24) is 0 Å². The number of anilines is 4. The van der Waals surface area contributed by atoms with Gasteiger partial charge in [0.15, 0.2) is 11.6 Å². The molecule has 0 aliphatic heterocycles. The lowest BCUT2D eigenvalue weighted by Gasteiger charge is -2.16. The number of carbonyl (C=O) groups is 6. The largest absolute Gasteiger partial charge is 0.324 e. The Balaban J connectivity index is 1.27. The van der Waals surface area contributed by atoms with E-state index in [1.54, 1.807) is 76.2 Å². The van der Waals surface area contributed by atoms with Crippen molar-refractivity contribution in [2.75, 3.05) is 21.3 Å². The number of nitrogens with zero attached hydrogens (tertiary/aromatic N) is 4. The zero-order chi connectivity index (χ0) is 46.8. The van der Waals surface area contributed by atoms with Gasteiger partial charge in [-0.2, -0.15) is 20.5 Å². The Morgan fingerprint density at radius 2 is 0.859 bits per heavy atom. The van der Waals surface area contributed by atoms with E-state index in [-0.39, 0.29) is 43.3 Å². The minimum atomic E-state index is -1.59. The fraction of sp³-hybridized carbons (Fsp3) is 0.217. The molecular formula is C46H42Cl4N8O6. The molecule has 0 spiro atoms. The number of ketones is 2. The Bertz CT molecular complexity index is 2520. The maximum atomic E-state index is 13.4. The Kier molecular flexibility index (Phi) is 16.6. The van der Waals surface area contributed by atoms with Crippen molar-refractivity contribution in [1.29, 1.82) is 0 Å². The van der Waals surface area contributed by atoms with Gasteiger partial charge in [-0.25, -0.2) is 0 Å². The zero-order valence-corrected chi connectivity index (χ0v) is 38.3. The van der Waals surface area contributed by atoms with Crippen LogP contribution in [0.1, 0.15) is 81.4 Å². The average Bonchev–Trinajstić information content (AvgIpc) is 3.23. The second-order valence-electron chi connectivity index (χ2n) is 14.6. The summed E-state index contributed by atoms with van der Waals surface area (Å²) in [6.07, 6.45) is 0. The van der Waals surface area contributed by atoms with E-state index >= 15 is 0 Å². The van der Waals surface area contributed by atoms with Gasteiger partial charge in [-0.15, -0.1) is 23.2 Å². The molecule has 0 bridgehead atoms. The van der Waals surface area contributed by atoms with E-state index in [1.807, 2.05) is 12.1 Å². The van der Waals surface area contributed by atoms with Crippen LogP contribution < -0.4 is 21.3 Å². The van der Waals surface area contributed by atoms with Crippen LogP contribution in [0, 0.1) is 13.8 Å². The molecule has 0 fully saturated rings. The molecule has 0 heterocycles. The molecule has 0 aromatic heterocycles. The van der Waals surface area contributed by atoms with Crippen LogP contribution in [0.5, 0.6) is 0 Å². The summed E-state index contributed by atoms with van der Waals surface area (Å²) in [7, 11) is 0. The molecule has 4 N–H and O–H groups in total. The standard InChI is InChI=1S/C46H42Cl4N8O6/c1-23-19-38(54-46(64)42(28(6)60)58-56-40-22-30(16-18-34(40)50)44(62)52-36-14-10-8-12-32(36)26(4)48)24(2)20-37(23)53-45(63)41(27(5)59)57-55-39-21-29(15-17-33(39)49)43(61)51-35-13-9-7-11-31(35)25(3)47/h7-22,25-26,41-42H,1-6H3,(H,51,61)(H,52,62)(H,53,63)(H,54,64). The van der Waals surface area contributed by atoms with E-state index < -0.39 is 47.3 Å². The predicted octanol–water partition coefficient (Wildman–Crippen LogP) is 12.1. The van der Waals surface area contributed by atoms with Crippen molar-refractivity contribution in [3.8, 4) is 0 Å². The SMILES string of the molecule is CC(=O)C(N=Nc1cc(C(=O)Nc2ccccc2C(C)Cl)ccc1Cl)C(=O)Nc1cc(C)c(NC(=O)C(N=Nc2cc(C(=O)Nc3ccccc3C(C)Cl)ccc2Cl)C(C)=O)cc1C. The molecule has 5 rings (SSSR count). The molecular weight excluding hydrogens is 902 g/mol. The van der Waals surface area contributed by atoms with Crippen LogP contribution >= 0.6 is 46.4 Å². The Hall–Kier alpha value is -6.32. The highest BCUT2D eigenvalue weighted by Gasteiger charge is 2.27. The lowest BCUT2D eigenvalue weighted by atomic mass is 10.1. The third kappa shape index (κ3) is 12.4. The number of rotatable bonds is 16. The molecule has 4 unspecified atom stereocenters. The van der Waals surface area contributed by atoms with Crippen molar-refractivity contribution < 1.29 is 28.8 Å². The number of amides is 4. The van der Waals surface area contributed by atoms with Gasteiger partial charge >= 0.3 is 0 Å². The monoisotopic (exact) mass is 942 g/mol. The molecule has 0 saturated heterocycles. The van der Waals surface area contributed by atoms with E-state index in [1.165, 1.54) is 50.2 Å². The number of Topliss-reactive ketones (excluding diaryl/α,β-unsaturated/α-hetero) is 2. The van der Waals surface area contributed by atoms with Crippen molar-refractivity contribution in [3.05, 3.63) is 140 Å². The molecule has 5 aromatic rings. The second-order valence-corrected chi connectivity index (χ2v) is 16.7. The van der Waals surface area contributed by atoms with Crippen molar-refractivity contribution in [3.63, 3.8) is 0 Å². The number of hydrogen-bond acceptors (Lipinski definition) is 10. The molecule has 330 valence electrons. The quantitative estimate of drug-likeness (QED) is 0.0431. The summed E-state index contributed by atoms with van der Waals surface area (Å²) in [6, 6.07) is 22.8. The van der Waals surface area contributed by atoms with Gasteiger partial charge < -0.3 is 21.3 Å². The number of benzene rings is 5. The van der Waals surface area contributed by atoms with Crippen LogP contribution in [0.2, 0.25) is 10.0 Å². The Morgan fingerprint density at radius 1 is 0.500 bits per heavy atom. The number of nitrogens with one attached hydrogen (secondary N) is 4. The first kappa shape index (κ1) is 48.7. The Labute approximate surface area is 389 Å². The lowest BCUT2D eigenvalue weighted by molar-refractivity contribution is -0.127. The molecule has 0 radical (unpaired) electrons. The van der Waals surface area contributed by atoms with Gasteiger partial charge in [-0.3, -0.25) is 28.8 Å². The number of azo groups is 2. The fourth-order valence-electron chi connectivity index (χ4n) is 6.13. The highest BCUT2D eigenvalue weighted by molar-refractivity contribution is 6.33. The topological polar surface area (TPSA) is 200 Å². The first-order chi connectivity index (χ1) is 30.3. The van der Waals surface area contributed by atoms with Crippen LogP contribution in [0.15, 0.2) is 118 Å². The molecule has 5 aromatic carbocycles. The number of hydrogen-bond donors (Lipinski definition) is 4. The maximum absolute atomic E-state index is 13.4. The van der Waals surface area contributed by atoms with Gasteiger partial charge in [-0.05, 0) is 124 Å². The number of aryl methyl sites for hydroxylation is 2. The summed E-state index contributed by atoms with van der Waals surface area (Å²) < 4.78 is 0. The third-order valence-corrected chi connectivity index (χ3v) is 10.7. The van der Waals surface area contributed by atoms with Crippen molar-refractivity contribution in [2.45, 2.75) is 64.4 Å². The number of carbonyl (C=O) groups excluding carboxylic acids is 6. The molecule has 0 aliphatic rings. The average molecular weight is 945 g/mol. The highest BCUT2D eigenvalue weighted by Crippen LogP contribution is 2.32. The molecule has 0 saturated carbocycles. The lowest BCUT2D eigenvalue weighted by Crippen LogP contribution is -2.32. The van der Waals surface area contributed by atoms with Crippen molar-refractivity contribution in [2.24, 2.45) is 20.5 Å². The normalized spacial score (nSPS) is 13.2. The zero-order valence-electron chi connectivity index (χ0n) is 35.3. The summed E-state index contributed by atoms with van der Waals surface area (Å²) in [5.74, 6) is -3.81. The minimum absolute atomic E-state index is 0.0435. The van der Waals surface area contributed by atoms with Gasteiger partial charge in [0, 0.05) is 33.9 Å². The first-order valence-corrected chi connectivity index (χ1v) is 21.2. The van der Waals surface area contributed by atoms with Crippen LogP contribution in [-0.2, 0) is 19.2 Å². The minimum Gasteiger partial charge on any atom is -0.324 e. The summed E-state index contributed by atoms with van der Waals surface area (Å²) in [6.45, 7) is 9.22. The molecule has 18 heteroatoms. The molecule has 4 atom stereocenters. The van der Waals surface area contributed by atoms with Gasteiger partial charge in [-0.1, -0.05) is 59.6 Å². The van der Waals surface area contributed by atoms with Crippen LogP contribution in [0.25, 0.3) is 0 Å². The third-order valence-electron chi connectivity index (χ3n) is 9.61. The summed E-state index contributed by atoms with van der Waals surface area (Å²) in [5.41, 5.74) is 4.52. The second kappa shape index (κ2) is 21.8. The fourth-order valence-corrected chi connectivity index (χ4v) is 6.82. The van der Waals surface area contributed by atoms with Crippen LogP contribution in [0.4, 0.5) is 34.1 Å². The van der Waals surface area contributed by atoms with Crippen LogP contribution in [-0.4, -0.2) is 47.3 Å². The van der Waals surface area contributed by atoms with E-state index in [4.69, 9.17) is 46.4 Å². The van der Waals surface area contributed by atoms with Crippen molar-refractivity contribution >= 4 is 116 Å². The number of para-hydroxylation sites is 2. The molecule has 14 nitrogen and oxygen atoms in total. The number of halogens is 4. The van der Waals surface area contributed by atoms with Gasteiger partial charge in [0.25, 0.3) is 23.6 Å².